The van der Waals surface area contributed by atoms with E-state index in [9.17, 15) is 8.42 Å². The predicted molar refractivity (Wildman–Crippen MR) is 75.4 cm³/mol. The van der Waals surface area contributed by atoms with Crippen LogP contribution in [0.4, 0.5) is 0 Å². The molecular weight excluding hydrogens is 276 g/mol. The Balaban J connectivity index is 2.37. The molecule has 0 aliphatic heterocycles. The van der Waals surface area contributed by atoms with Gasteiger partial charge in [0.05, 0.1) is 11.9 Å². The first-order chi connectivity index (χ1) is 9.43. The minimum absolute atomic E-state index is 0.158. The monoisotopic (exact) mass is 294 g/mol. The fourth-order valence-electron chi connectivity index (χ4n) is 1.94. The maximum atomic E-state index is 12.7. The van der Waals surface area contributed by atoms with Crippen molar-refractivity contribution in [3.8, 4) is 0 Å². The van der Waals surface area contributed by atoms with Gasteiger partial charge in [0.2, 0.25) is 10.0 Å². The normalized spacial score (nSPS) is 12.2. The fourth-order valence-corrected chi connectivity index (χ4v) is 3.69. The van der Waals surface area contributed by atoms with Gasteiger partial charge in [0.25, 0.3) is 0 Å². The van der Waals surface area contributed by atoms with E-state index in [0.717, 1.165) is 5.56 Å². The zero-order valence-electron chi connectivity index (χ0n) is 11.7. The standard InChI is InChI=1S/C13H18N4O2S/c1-10(2)17(9-12-5-4-6-14-7-12)20(18,19)13-8-15-16-11(13)3/h4-8,10H,9H2,1-3H3,(H,15,16). The van der Waals surface area contributed by atoms with Crippen LogP contribution in [0.3, 0.4) is 0 Å². The molecule has 0 aromatic carbocycles. The topological polar surface area (TPSA) is 79.0 Å². The molecule has 0 atom stereocenters. The van der Waals surface area contributed by atoms with Crippen LogP contribution >= 0.6 is 0 Å². The number of rotatable bonds is 5. The minimum atomic E-state index is -3.57. The smallest absolute Gasteiger partial charge is 0.246 e. The Kier molecular flexibility index (Phi) is 4.20. The number of aromatic amines is 1. The molecule has 0 fully saturated rings. The molecule has 1 N–H and O–H groups in total. The third kappa shape index (κ3) is 2.88. The lowest BCUT2D eigenvalue weighted by Crippen LogP contribution is -2.36. The second kappa shape index (κ2) is 5.72. The first-order valence-corrected chi connectivity index (χ1v) is 7.77. The van der Waals surface area contributed by atoms with Crippen LogP contribution in [0.1, 0.15) is 25.1 Å². The van der Waals surface area contributed by atoms with Crippen molar-refractivity contribution in [1.82, 2.24) is 19.5 Å². The Bertz CT molecular complexity index is 665. The number of nitrogens with zero attached hydrogens (tertiary/aromatic N) is 3. The van der Waals surface area contributed by atoms with E-state index in [1.807, 2.05) is 19.9 Å². The van der Waals surface area contributed by atoms with Gasteiger partial charge in [0, 0.05) is 25.0 Å². The molecule has 2 rings (SSSR count). The van der Waals surface area contributed by atoms with Crippen LogP contribution in [0.15, 0.2) is 35.6 Å². The number of aryl methyl sites for hydroxylation is 1. The summed E-state index contributed by atoms with van der Waals surface area (Å²) in [7, 11) is -3.57. The highest BCUT2D eigenvalue weighted by Crippen LogP contribution is 2.22. The number of hydrogen-bond acceptors (Lipinski definition) is 4. The molecule has 0 bridgehead atoms. The Morgan fingerprint density at radius 2 is 2.10 bits per heavy atom. The van der Waals surface area contributed by atoms with Crippen LogP contribution in [-0.4, -0.2) is 33.9 Å². The molecule has 0 aliphatic carbocycles. The van der Waals surface area contributed by atoms with Gasteiger partial charge in [-0.2, -0.15) is 9.40 Å². The quantitative estimate of drug-likeness (QED) is 0.910. The maximum Gasteiger partial charge on any atom is 0.246 e. The first-order valence-electron chi connectivity index (χ1n) is 6.33. The van der Waals surface area contributed by atoms with Gasteiger partial charge < -0.3 is 0 Å². The Labute approximate surface area is 118 Å². The molecule has 2 aromatic rings. The Hall–Kier alpha value is -1.73. The highest BCUT2D eigenvalue weighted by molar-refractivity contribution is 7.89. The Morgan fingerprint density at radius 1 is 1.35 bits per heavy atom. The van der Waals surface area contributed by atoms with Gasteiger partial charge in [-0.3, -0.25) is 10.1 Å². The van der Waals surface area contributed by atoms with Crippen LogP contribution < -0.4 is 0 Å². The third-order valence-electron chi connectivity index (χ3n) is 3.01. The van der Waals surface area contributed by atoms with Crippen LogP contribution in [0.5, 0.6) is 0 Å². The largest absolute Gasteiger partial charge is 0.281 e. The number of aromatic nitrogens is 3. The average Bonchev–Trinajstić information content (AvgIpc) is 2.83. The molecule has 0 saturated carbocycles. The molecule has 0 amide bonds. The second-order valence-electron chi connectivity index (χ2n) is 4.86. The van der Waals surface area contributed by atoms with E-state index in [1.165, 1.54) is 10.5 Å². The van der Waals surface area contributed by atoms with Crippen LogP contribution in [-0.2, 0) is 16.6 Å². The van der Waals surface area contributed by atoms with Crippen molar-refractivity contribution in [2.24, 2.45) is 0 Å². The van der Waals surface area contributed by atoms with Gasteiger partial charge in [-0.25, -0.2) is 8.42 Å². The lowest BCUT2D eigenvalue weighted by atomic mass is 10.2. The zero-order chi connectivity index (χ0) is 14.8. The van der Waals surface area contributed by atoms with E-state index >= 15 is 0 Å². The number of nitrogens with one attached hydrogen (secondary N) is 1. The second-order valence-corrected chi connectivity index (χ2v) is 6.72. The van der Waals surface area contributed by atoms with Gasteiger partial charge in [-0.05, 0) is 32.4 Å². The average molecular weight is 294 g/mol. The summed E-state index contributed by atoms with van der Waals surface area (Å²) in [4.78, 5) is 4.24. The lowest BCUT2D eigenvalue weighted by molar-refractivity contribution is 0.347. The highest BCUT2D eigenvalue weighted by Gasteiger charge is 2.29. The molecule has 6 nitrogen and oxygen atoms in total. The lowest BCUT2D eigenvalue weighted by Gasteiger charge is -2.25. The van der Waals surface area contributed by atoms with E-state index in [4.69, 9.17) is 0 Å². The van der Waals surface area contributed by atoms with Gasteiger partial charge >= 0.3 is 0 Å². The van der Waals surface area contributed by atoms with Crippen molar-refractivity contribution in [2.45, 2.75) is 38.3 Å². The van der Waals surface area contributed by atoms with Crippen molar-refractivity contribution >= 4 is 10.0 Å². The van der Waals surface area contributed by atoms with Crippen molar-refractivity contribution in [1.29, 1.82) is 0 Å². The molecule has 0 spiro atoms. The van der Waals surface area contributed by atoms with Gasteiger partial charge in [0.15, 0.2) is 0 Å². The number of hydrogen-bond donors (Lipinski definition) is 1. The van der Waals surface area contributed by atoms with Crippen LogP contribution in [0.2, 0.25) is 0 Å². The van der Waals surface area contributed by atoms with Crippen LogP contribution in [0, 0.1) is 6.92 Å². The molecule has 0 saturated heterocycles. The van der Waals surface area contributed by atoms with E-state index < -0.39 is 10.0 Å². The molecule has 0 aliphatic rings. The van der Waals surface area contributed by atoms with E-state index in [-0.39, 0.29) is 10.9 Å². The summed E-state index contributed by atoms with van der Waals surface area (Å²) in [6.45, 7) is 5.69. The van der Waals surface area contributed by atoms with Crippen molar-refractivity contribution in [2.75, 3.05) is 0 Å². The summed E-state index contributed by atoms with van der Waals surface area (Å²) < 4.78 is 26.9. The summed E-state index contributed by atoms with van der Waals surface area (Å²) in [5.41, 5.74) is 1.40. The molecule has 0 radical (unpaired) electrons. The number of pyridine rings is 1. The first kappa shape index (κ1) is 14.7. The van der Waals surface area contributed by atoms with E-state index in [1.54, 1.807) is 25.4 Å². The molecule has 2 heterocycles. The van der Waals surface area contributed by atoms with Gasteiger partial charge in [0.1, 0.15) is 4.90 Å². The summed E-state index contributed by atoms with van der Waals surface area (Å²) in [6, 6.07) is 3.50. The van der Waals surface area contributed by atoms with Crippen LogP contribution in [0.25, 0.3) is 0 Å². The van der Waals surface area contributed by atoms with E-state index in [2.05, 4.69) is 15.2 Å². The molecule has 20 heavy (non-hydrogen) atoms. The Morgan fingerprint density at radius 3 is 2.60 bits per heavy atom. The summed E-state index contributed by atoms with van der Waals surface area (Å²) >= 11 is 0. The summed E-state index contributed by atoms with van der Waals surface area (Å²) in [6.07, 6.45) is 4.69. The van der Waals surface area contributed by atoms with Gasteiger partial charge in [-0.15, -0.1) is 0 Å². The zero-order valence-corrected chi connectivity index (χ0v) is 12.6. The number of H-pyrrole nitrogens is 1. The van der Waals surface area contributed by atoms with Gasteiger partial charge in [-0.1, -0.05) is 6.07 Å². The third-order valence-corrected chi connectivity index (χ3v) is 5.14. The molecule has 7 heteroatoms. The van der Waals surface area contributed by atoms with Crippen molar-refractivity contribution in [3.05, 3.63) is 42.0 Å². The minimum Gasteiger partial charge on any atom is -0.281 e. The maximum absolute atomic E-state index is 12.7. The SMILES string of the molecule is Cc1[nH]ncc1S(=O)(=O)N(Cc1cccnc1)C(C)C. The summed E-state index contributed by atoms with van der Waals surface area (Å²) in [5.74, 6) is 0. The highest BCUT2D eigenvalue weighted by atomic mass is 32.2. The van der Waals surface area contributed by atoms with Crippen molar-refractivity contribution in [3.63, 3.8) is 0 Å². The molecule has 0 unspecified atom stereocenters. The molecule has 2 aromatic heterocycles. The fraction of sp³-hybridized carbons (Fsp3) is 0.385. The van der Waals surface area contributed by atoms with Crippen molar-refractivity contribution < 1.29 is 8.42 Å². The molecular formula is C13H18N4O2S. The number of sulfonamides is 1. The molecule has 108 valence electrons. The predicted octanol–water partition coefficient (Wildman–Crippen LogP) is 1.71. The van der Waals surface area contributed by atoms with E-state index in [0.29, 0.717) is 12.2 Å². The summed E-state index contributed by atoms with van der Waals surface area (Å²) in [5, 5.41) is 6.46.